The zero-order chi connectivity index (χ0) is 14.9. The van der Waals surface area contributed by atoms with Gasteiger partial charge < -0.3 is 4.74 Å². The van der Waals surface area contributed by atoms with E-state index >= 15 is 0 Å². The summed E-state index contributed by atoms with van der Waals surface area (Å²) in [5.41, 5.74) is 3.64. The Morgan fingerprint density at radius 1 is 1.30 bits per heavy atom. The number of nitrogens with zero attached hydrogens (tertiary/aromatic N) is 2. The summed E-state index contributed by atoms with van der Waals surface area (Å²) in [5.74, 6) is 0.467. The van der Waals surface area contributed by atoms with E-state index in [9.17, 15) is 4.79 Å². The smallest absolute Gasteiger partial charge is 0.284 e. The number of rotatable bonds is 3. The number of aryl methyl sites for hydroxylation is 2. The van der Waals surface area contributed by atoms with Gasteiger partial charge in [0.1, 0.15) is 5.75 Å². The minimum atomic E-state index is -0.187. The van der Waals surface area contributed by atoms with Gasteiger partial charge in [-0.1, -0.05) is 11.6 Å². The van der Waals surface area contributed by atoms with Crippen LogP contribution in [0.1, 0.15) is 27.3 Å². The fraction of sp³-hybridized carbons (Fsp3) is 0.333. The molecule has 0 aliphatic carbocycles. The second-order valence-electron chi connectivity index (χ2n) is 4.80. The predicted octanol–water partition coefficient (Wildman–Crippen LogP) is 3.49. The maximum atomic E-state index is 12.1. The predicted molar refractivity (Wildman–Crippen MR) is 78.7 cm³/mol. The number of aromatic nitrogens is 2. The molecule has 2 aromatic rings. The standard InChI is InChI=1S/C15H17ClN2O2/c1-9-7-13(16)5-6-14(9)20-8-15(19)18-12(4)10(2)11(3)17-18/h5-7H,8H2,1-4H3. The van der Waals surface area contributed by atoms with Crippen LogP contribution in [-0.2, 0) is 0 Å². The normalized spacial score (nSPS) is 10.7. The molecule has 0 radical (unpaired) electrons. The molecule has 0 unspecified atom stereocenters. The number of hydrogen-bond acceptors (Lipinski definition) is 3. The number of carbonyl (C=O) groups excluding carboxylic acids is 1. The first-order valence-electron chi connectivity index (χ1n) is 6.35. The highest BCUT2D eigenvalue weighted by atomic mass is 35.5. The maximum Gasteiger partial charge on any atom is 0.284 e. The van der Waals surface area contributed by atoms with Crippen molar-refractivity contribution in [1.29, 1.82) is 0 Å². The van der Waals surface area contributed by atoms with E-state index in [-0.39, 0.29) is 12.5 Å². The number of carbonyl (C=O) groups is 1. The van der Waals surface area contributed by atoms with Gasteiger partial charge in [0.05, 0.1) is 5.69 Å². The molecular formula is C15H17ClN2O2. The minimum absolute atomic E-state index is 0.0517. The van der Waals surface area contributed by atoms with Gasteiger partial charge >= 0.3 is 0 Å². The molecule has 106 valence electrons. The molecular weight excluding hydrogens is 276 g/mol. The molecule has 0 amide bonds. The first-order valence-corrected chi connectivity index (χ1v) is 6.73. The van der Waals surface area contributed by atoms with Gasteiger partial charge in [-0.3, -0.25) is 4.79 Å². The van der Waals surface area contributed by atoms with Crippen LogP contribution in [-0.4, -0.2) is 22.3 Å². The molecule has 0 N–H and O–H groups in total. The highest BCUT2D eigenvalue weighted by Crippen LogP contribution is 2.21. The van der Waals surface area contributed by atoms with E-state index in [2.05, 4.69) is 5.10 Å². The first kappa shape index (κ1) is 14.6. The number of hydrogen-bond donors (Lipinski definition) is 0. The zero-order valence-electron chi connectivity index (χ0n) is 12.0. The number of benzene rings is 1. The summed E-state index contributed by atoms with van der Waals surface area (Å²) in [6.45, 7) is 7.55. The molecule has 1 heterocycles. The molecule has 1 aromatic carbocycles. The Labute approximate surface area is 123 Å². The van der Waals surface area contributed by atoms with Crippen molar-refractivity contribution < 1.29 is 9.53 Å². The van der Waals surface area contributed by atoms with E-state index in [1.54, 1.807) is 18.2 Å². The summed E-state index contributed by atoms with van der Waals surface area (Å²) in [5, 5.41) is 4.87. The van der Waals surface area contributed by atoms with Gasteiger partial charge in [-0.15, -0.1) is 0 Å². The molecule has 2 rings (SSSR count). The molecule has 0 saturated carbocycles. The maximum absolute atomic E-state index is 12.1. The van der Waals surface area contributed by atoms with Crippen molar-refractivity contribution >= 4 is 17.5 Å². The van der Waals surface area contributed by atoms with Gasteiger partial charge in [0.2, 0.25) is 0 Å². The second-order valence-corrected chi connectivity index (χ2v) is 5.24. The summed E-state index contributed by atoms with van der Waals surface area (Å²) in [7, 11) is 0. The topological polar surface area (TPSA) is 44.1 Å². The van der Waals surface area contributed by atoms with Crippen LogP contribution in [0.3, 0.4) is 0 Å². The third-order valence-corrected chi connectivity index (χ3v) is 3.61. The van der Waals surface area contributed by atoms with Gasteiger partial charge in [-0.05, 0) is 57.0 Å². The van der Waals surface area contributed by atoms with E-state index in [1.807, 2.05) is 27.7 Å². The van der Waals surface area contributed by atoms with Gasteiger partial charge in [0.15, 0.2) is 6.61 Å². The largest absolute Gasteiger partial charge is 0.483 e. The van der Waals surface area contributed by atoms with Crippen LogP contribution in [0.15, 0.2) is 18.2 Å². The Bertz CT molecular complexity index is 662. The quantitative estimate of drug-likeness (QED) is 0.870. The van der Waals surface area contributed by atoms with Crippen LogP contribution in [0.4, 0.5) is 0 Å². The van der Waals surface area contributed by atoms with Crippen molar-refractivity contribution in [2.24, 2.45) is 0 Å². The highest BCUT2D eigenvalue weighted by molar-refractivity contribution is 6.30. The summed E-state index contributed by atoms with van der Waals surface area (Å²) in [6, 6.07) is 5.30. The van der Waals surface area contributed by atoms with Crippen molar-refractivity contribution in [3.63, 3.8) is 0 Å². The van der Waals surface area contributed by atoms with Crippen LogP contribution in [0, 0.1) is 27.7 Å². The lowest BCUT2D eigenvalue weighted by molar-refractivity contribution is 0.0817. The lowest BCUT2D eigenvalue weighted by atomic mass is 10.2. The molecule has 0 aliphatic heterocycles. The van der Waals surface area contributed by atoms with E-state index in [1.165, 1.54) is 4.68 Å². The lowest BCUT2D eigenvalue weighted by Crippen LogP contribution is -2.22. The van der Waals surface area contributed by atoms with E-state index in [0.717, 1.165) is 22.5 Å². The molecule has 0 spiro atoms. The SMILES string of the molecule is Cc1cc(Cl)ccc1OCC(=O)n1nc(C)c(C)c1C. The monoisotopic (exact) mass is 292 g/mol. The molecule has 0 fully saturated rings. The Hall–Kier alpha value is -1.81. The van der Waals surface area contributed by atoms with Crippen molar-refractivity contribution in [2.75, 3.05) is 6.61 Å². The average Bonchev–Trinajstić information content (AvgIpc) is 2.65. The van der Waals surface area contributed by atoms with Crippen LogP contribution < -0.4 is 4.74 Å². The molecule has 0 saturated heterocycles. The molecule has 1 aromatic heterocycles. The van der Waals surface area contributed by atoms with Gasteiger partial charge in [0.25, 0.3) is 5.91 Å². The summed E-state index contributed by atoms with van der Waals surface area (Å²) in [6.07, 6.45) is 0. The first-order chi connectivity index (χ1) is 9.40. The van der Waals surface area contributed by atoms with Crippen LogP contribution in [0.5, 0.6) is 5.75 Å². The highest BCUT2D eigenvalue weighted by Gasteiger charge is 2.14. The molecule has 5 heteroatoms. The van der Waals surface area contributed by atoms with Crippen molar-refractivity contribution in [3.8, 4) is 5.75 Å². The molecule has 0 atom stereocenters. The van der Waals surface area contributed by atoms with E-state index in [0.29, 0.717) is 10.8 Å². The van der Waals surface area contributed by atoms with Crippen LogP contribution >= 0.6 is 11.6 Å². The summed E-state index contributed by atoms with van der Waals surface area (Å²) < 4.78 is 6.94. The zero-order valence-corrected chi connectivity index (χ0v) is 12.8. The third kappa shape index (κ3) is 2.85. The van der Waals surface area contributed by atoms with Gasteiger partial charge in [-0.2, -0.15) is 5.10 Å². The minimum Gasteiger partial charge on any atom is -0.483 e. The molecule has 0 aliphatic rings. The Morgan fingerprint density at radius 3 is 2.55 bits per heavy atom. The Balaban J connectivity index is 2.10. The van der Waals surface area contributed by atoms with Crippen LogP contribution in [0.2, 0.25) is 5.02 Å². The average molecular weight is 293 g/mol. The number of halogens is 1. The molecule has 4 nitrogen and oxygen atoms in total. The Kier molecular flexibility index (Phi) is 4.14. The van der Waals surface area contributed by atoms with E-state index < -0.39 is 0 Å². The fourth-order valence-electron chi connectivity index (χ4n) is 1.94. The fourth-order valence-corrected chi connectivity index (χ4v) is 2.17. The van der Waals surface area contributed by atoms with Gasteiger partial charge in [0, 0.05) is 10.7 Å². The van der Waals surface area contributed by atoms with Crippen molar-refractivity contribution in [1.82, 2.24) is 9.78 Å². The second kappa shape index (κ2) is 5.67. The van der Waals surface area contributed by atoms with E-state index in [4.69, 9.17) is 16.3 Å². The van der Waals surface area contributed by atoms with Crippen LogP contribution in [0.25, 0.3) is 0 Å². The molecule has 20 heavy (non-hydrogen) atoms. The summed E-state index contributed by atoms with van der Waals surface area (Å²) >= 11 is 5.88. The van der Waals surface area contributed by atoms with Crippen molar-refractivity contribution in [3.05, 3.63) is 45.7 Å². The van der Waals surface area contributed by atoms with Gasteiger partial charge in [-0.25, -0.2) is 4.68 Å². The molecule has 0 bridgehead atoms. The summed E-state index contributed by atoms with van der Waals surface area (Å²) in [4.78, 5) is 12.1. The van der Waals surface area contributed by atoms with Crippen molar-refractivity contribution in [2.45, 2.75) is 27.7 Å². The number of ether oxygens (including phenoxy) is 1. The third-order valence-electron chi connectivity index (χ3n) is 3.38. The Morgan fingerprint density at radius 2 is 2.00 bits per heavy atom. The lowest BCUT2D eigenvalue weighted by Gasteiger charge is -2.09.